The second-order valence-corrected chi connectivity index (χ2v) is 14.6. The van der Waals surface area contributed by atoms with Crippen LogP contribution in [0.2, 0.25) is 0 Å². The molecule has 0 amide bonds. The molecule has 0 fully saturated rings. The zero-order chi connectivity index (χ0) is 33.5. The molecule has 0 bridgehead atoms. The topological polar surface area (TPSA) is 0 Å². The molecule has 1 heteroatoms. The van der Waals surface area contributed by atoms with Gasteiger partial charge < -0.3 is 0 Å². The van der Waals surface area contributed by atoms with E-state index >= 15 is 0 Å². The van der Waals surface area contributed by atoms with Gasteiger partial charge in [0.05, 0.1) is 0 Å². The smallest absolute Gasteiger partial charge is 0.0440 e. The van der Waals surface area contributed by atoms with Crippen LogP contribution in [0.25, 0.3) is 107 Å². The molecule has 0 unspecified atom stereocenters. The first kappa shape index (κ1) is 28.5. The maximum atomic E-state index is 2.39. The van der Waals surface area contributed by atoms with Crippen molar-refractivity contribution in [3.05, 3.63) is 182 Å². The predicted molar refractivity (Wildman–Crippen MR) is 223 cm³/mol. The highest BCUT2D eigenvalue weighted by atomic mass is 32.1. The number of rotatable bonds is 3. The molecule has 11 aromatic rings. The minimum absolute atomic E-state index is 1.25. The van der Waals surface area contributed by atoms with Gasteiger partial charge in [0.15, 0.2) is 0 Å². The zero-order valence-corrected chi connectivity index (χ0v) is 28.5. The van der Waals surface area contributed by atoms with E-state index in [0.717, 1.165) is 0 Å². The number of thiophene rings is 1. The van der Waals surface area contributed by atoms with Gasteiger partial charge in [-0.2, -0.15) is 0 Å². The highest BCUT2D eigenvalue weighted by Gasteiger charge is 2.21. The third-order valence-electron chi connectivity index (χ3n) is 10.8. The Kier molecular flexibility index (Phi) is 6.22. The van der Waals surface area contributed by atoms with Crippen molar-refractivity contribution in [1.82, 2.24) is 0 Å². The van der Waals surface area contributed by atoms with Crippen molar-refractivity contribution in [2.75, 3.05) is 0 Å². The monoisotopic (exact) mass is 662 g/mol. The summed E-state index contributed by atoms with van der Waals surface area (Å²) in [5, 5.41) is 15.4. The predicted octanol–water partition coefficient (Wildman–Crippen LogP) is 14.8. The molecule has 1 heterocycles. The fourth-order valence-corrected chi connectivity index (χ4v) is 9.85. The molecule has 0 radical (unpaired) electrons. The van der Waals surface area contributed by atoms with Gasteiger partial charge in [-0.3, -0.25) is 0 Å². The molecule has 11 rings (SSSR count). The van der Waals surface area contributed by atoms with Gasteiger partial charge in [-0.25, -0.2) is 0 Å². The van der Waals surface area contributed by atoms with Gasteiger partial charge in [0.25, 0.3) is 0 Å². The van der Waals surface area contributed by atoms with Crippen LogP contribution in [-0.2, 0) is 0 Å². The Bertz CT molecular complexity index is 3140. The van der Waals surface area contributed by atoms with Gasteiger partial charge >= 0.3 is 0 Å². The first-order valence-corrected chi connectivity index (χ1v) is 18.4. The highest BCUT2D eigenvalue weighted by Crippen LogP contribution is 2.49. The Morgan fingerprint density at radius 3 is 1.43 bits per heavy atom. The lowest BCUT2D eigenvalue weighted by Crippen LogP contribution is -1.93. The van der Waals surface area contributed by atoms with Gasteiger partial charge in [0.1, 0.15) is 0 Å². The Morgan fingerprint density at radius 2 is 0.765 bits per heavy atom. The van der Waals surface area contributed by atoms with Crippen molar-refractivity contribution in [3.8, 4) is 33.4 Å². The van der Waals surface area contributed by atoms with E-state index in [-0.39, 0.29) is 0 Å². The largest absolute Gasteiger partial charge is 0.135 e. The lowest BCUT2D eigenvalue weighted by Gasteiger charge is -2.20. The molecule has 1 aromatic heterocycles. The van der Waals surface area contributed by atoms with Gasteiger partial charge in [-0.15, -0.1) is 11.3 Å². The van der Waals surface area contributed by atoms with Gasteiger partial charge in [-0.1, -0.05) is 164 Å². The number of fused-ring (bicyclic) bond motifs is 8. The van der Waals surface area contributed by atoms with Crippen molar-refractivity contribution in [1.29, 1.82) is 0 Å². The van der Waals surface area contributed by atoms with Crippen LogP contribution in [0.5, 0.6) is 0 Å². The average molecular weight is 663 g/mol. The van der Waals surface area contributed by atoms with E-state index in [0.29, 0.717) is 0 Å². The first-order chi connectivity index (χ1) is 25.3. The van der Waals surface area contributed by atoms with Crippen molar-refractivity contribution in [2.45, 2.75) is 0 Å². The van der Waals surface area contributed by atoms with E-state index < -0.39 is 0 Å². The normalized spacial score (nSPS) is 11.9. The zero-order valence-electron chi connectivity index (χ0n) is 27.7. The molecule has 0 saturated heterocycles. The van der Waals surface area contributed by atoms with E-state index in [9.17, 15) is 0 Å². The molecule has 0 aliphatic heterocycles. The average Bonchev–Trinajstić information content (AvgIpc) is 3.57. The van der Waals surface area contributed by atoms with Crippen LogP contribution >= 0.6 is 11.3 Å². The second kappa shape index (κ2) is 11.1. The van der Waals surface area contributed by atoms with Crippen molar-refractivity contribution >= 4 is 85.4 Å². The van der Waals surface area contributed by atoms with Crippen LogP contribution in [0.4, 0.5) is 0 Å². The Balaban J connectivity index is 1.23. The van der Waals surface area contributed by atoms with Crippen LogP contribution in [-0.4, -0.2) is 0 Å². The first-order valence-electron chi connectivity index (χ1n) is 17.6. The maximum absolute atomic E-state index is 2.39. The molecular formula is C50H30S. The van der Waals surface area contributed by atoms with Crippen molar-refractivity contribution in [2.24, 2.45) is 0 Å². The summed E-state index contributed by atoms with van der Waals surface area (Å²) in [6.07, 6.45) is 0. The fourth-order valence-electron chi connectivity index (χ4n) is 8.60. The minimum atomic E-state index is 1.25. The Hall–Kier alpha value is -6.28. The summed E-state index contributed by atoms with van der Waals surface area (Å²) in [6.45, 7) is 0. The highest BCUT2D eigenvalue weighted by molar-refractivity contribution is 7.26. The Morgan fingerprint density at radius 1 is 0.275 bits per heavy atom. The van der Waals surface area contributed by atoms with E-state index in [2.05, 4.69) is 182 Å². The minimum Gasteiger partial charge on any atom is -0.135 e. The van der Waals surface area contributed by atoms with Crippen LogP contribution in [0.1, 0.15) is 0 Å². The number of hydrogen-bond acceptors (Lipinski definition) is 1. The lowest BCUT2D eigenvalue weighted by molar-refractivity contribution is 1.68. The molecule has 236 valence electrons. The van der Waals surface area contributed by atoms with Gasteiger partial charge in [0.2, 0.25) is 0 Å². The summed E-state index contributed by atoms with van der Waals surface area (Å²) < 4.78 is 2.68. The second-order valence-electron chi connectivity index (χ2n) is 13.6. The van der Waals surface area contributed by atoms with Gasteiger partial charge in [0, 0.05) is 25.7 Å². The van der Waals surface area contributed by atoms with E-state index in [1.807, 2.05) is 11.3 Å². The molecule has 0 spiro atoms. The maximum Gasteiger partial charge on any atom is 0.0440 e. The summed E-state index contributed by atoms with van der Waals surface area (Å²) in [7, 11) is 0. The number of benzene rings is 10. The molecule has 0 N–H and O–H groups in total. The summed E-state index contributed by atoms with van der Waals surface area (Å²) in [6, 6.07) is 67.5. The van der Waals surface area contributed by atoms with E-state index in [1.165, 1.54) is 107 Å². The summed E-state index contributed by atoms with van der Waals surface area (Å²) in [4.78, 5) is 0. The third-order valence-corrected chi connectivity index (χ3v) is 12.0. The van der Waals surface area contributed by atoms with Crippen molar-refractivity contribution < 1.29 is 0 Å². The van der Waals surface area contributed by atoms with E-state index in [4.69, 9.17) is 0 Å². The Labute approximate surface area is 299 Å². The molecule has 0 aliphatic rings. The third kappa shape index (κ3) is 4.26. The van der Waals surface area contributed by atoms with Crippen LogP contribution in [0, 0.1) is 0 Å². The summed E-state index contributed by atoms with van der Waals surface area (Å²) in [5.74, 6) is 0. The van der Waals surface area contributed by atoms with Crippen LogP contribution in [0.3, 0.4) is 0 Å². The van der Waals surface area contributed by atoms with Crippen LogP contribution in [0.15, 0.2) is 182 Å². The summed E-state index contributed by atoms with van der Waals surface area (Å²) >= 11 is 1.91. The molecule has 0 nitrogen and oxygen atoms in total. The van der Waals surface area contributed by atoms with E-state index in [1.54, 1.807) is 0 Å². The molecule has 0 saturated carbocycles. The van der Waals surface area contributed by atoms with Crippen LogP contribution < -0.4 is 0 Å². The standard InChI is InChI=1S/C50H30S/c1-2-14-32-29-34(26-25-31(32)13-1)47-39-20-7-9-22-41(39)48(42-23-10-8-21-40(42)47)43-27-28-44(37-18-6-5-17-36(37)43)49-35-16-4-3-15-33(35)30-45-38-19-11-12-24-46(38)51-50(45)49/h1-30H. The SMILES string of the molecule is c1ccc2cc(-c3c4ccccc4c(-c4ccc(-c5c6ccccc6cc6c5sc5ccccc56)c5ccccc45)c4ccccc34)ccc2c1. The molecule has 10 aromatic carbocycles. The van der Waals surface area contributed by atoms with Gasteiger partial charge in [-0.05, 0) is 99.9 Å². The quantitative estimate of drug-likeness (QED) is 0.165. The number of hydrogen-bond donors (Lipinski definition) is 0. The lowest BCUT2D eigenvalue weighted by atomic mass is 9.83. The molecular weight excluding hydrogens is 633 g/mol. The summed E-state index contributed by atoms with van der Waals surface area (Å²) in [5.41, 5.74) is 7.70. The molecule has 0 aliphatic carbocycles. The fraction of sp³-hybridized carbons (Fsp3) is 0. The molecule has 51 heavy (non-hydrogen) atoms. The van der Waals surface area contributed by atoms with Crippen molar-refractivity contribution in [3.63, 3.8) is 0 Å². The molecule has 0 atom stereocenters.